The lowest BCUT2D eigenvalue weighted by Gasteiger charge is -2.38. The number of amides is 1. The van der Waals surface area contributed by atoms with Crippen LogP contribution in [0.3, 0.4) is 0 Å². The van der Waals surface area contributed by atoms with E-state index in [1.165, 1.54) is 0 Å². The second-order valence-corrected chi connectivity index (χ2v) is 8.10. The first-order valence-electron chi connectivity index (χ1n) is 10.0. The molecule has 0 aliphatic carbocycles. The minimum absolute atomic E-state index is 0.0630. The number of halogens is 1. The maximum absolute atomic E-state index is 12.6. The molecule has 2 atom stereocenters. The van der Waals surface area contributed by atoms with Crippen molar-refractivity contribution in [3.05, 3.63) is 34.0 Å². The number of anilines is 1. The highest BCUT2D eigenvalue weighted by molar-refractivity contribution is 6.30. The second kappa shape index (κ2) is 9.09. The topological polar surface area (TPSA) is 123 Å². The Kier molecular flexibility index (Phi) is 6.72. The van der Waals surface area contributed by atoms with Crippen LogP contribution in [0.5, 0.6) is 0 Å². The summed E-state index contributed by atoms with van der Waals surface area (Å²) in [4.78, 5) is 36.5. The minimum atomic E-state index is -0.949. The first-order chi connectivity index (χ1) is 14.2. The summed E-state index contributed by atoms with van der Waals surface area (Å²) in [6.45, 7) is 6.98. The van der Waals surface area contributed by atoms with Gasteiger partial charge < -0.3 is 30.0 Å². The van der Waals surface area contributed by atoms with Gasteiger partial charge in [-0.3, -0.25) is 4.79 Å². The van der Waals surface area contributed by atoms with Crippen molar-refractivity contribution in [3.8, 4) is 0 Å². The Balaban J connectivity index is 1.71. The van der Waals surface area contributed by atoms with Gasteiger partial charge in [0.15, 0.2) is 11.0 Å². The smallest absolute Gasteiger partial charge is 0.337 e. The lowest BCUT2D eigenvalue weighted by atomic mass is 10.0. The summed E-state index contributed by atoms with van der Waals surface area (Å²) in [5, 5.41) is 12.8. The van der Waals surface area contributed by atoms with Crippen LogP contribution < -0.4 is 10.2 Å². The summed E-state index contributed by atoms with van der Waals surface area (Å²) in [6.07, 6.45) is 1.03. The quantitative estimate of drug-likeness (QED) is 0.528. The number of methoxy groups -OCH3 is 1. The summed E-state index contributed by atoms with van der Waals surface area (Å²) in [7, 11) is 1.60. The van der Waals surface area contributed by atoms with E-state index in [9.17, 15) is 14.7 Å². The van der Waals surface area contributed by atoms with E-state index in [1.54, 1.807) is 13.2 Å². The van der Waals surface area contributed by atoms with E-state index in [1.807, 2.05) is 25.7 Å². The van der Waals surface area contributed by atoms with Gasteiger partial charge in [0.1, 0.15) is 5.82 Å². The van der Waals surface area contributed by atoms with Crippen LogP contribution in [-0.4, -0.2) is 64.3 Å². The highest BCUT2D eigenvalue weighted by Crippen LogP contribution is 2.27. The van der Waals surface area contributed by atoms with Crippen LogP contribution in [0.15, 0.2) is 6.07 Å². The van der Waals surface area contributed by atoms with Gasteiger partial charge in [-0.15, -0.1) is 0 Å². The van der Waals surface area contributed by atoms with E-state index in [4.69, 9.17) is 16.3 Å². The number of carbonyl (C=O) groups excluding carboxylic acids is 1. The van der Waals surface area contributed by atoms with Crippen molar-refractivity contribution in [1.82, 2.24) is 20.3 Å². The number of aromatic nitrogens is 3. The van der Waals surface area contributed by atoms with E-state index in [-0.39, 0.29) is 35.4 Å². The van der Waals surface area contributed by atoms with Crippen molar-refractivity contribution in [2.24, 2.45) is 0 Å². The Hall–Kier alpha value is -2.52. The normalized spacial score (nSPS) is 19.3. The first kappa shape index (κ1) is 22.2. The SMILES string of the molecule is CCc1[nH]c(C(=O)NC2CCN(c3cc(C(=O)O)c(C(C)C)[nH]3)CC2OC)nc1Cl. The summed E-state index contributed by atoms with van der Waals surface area (Å²) in [5.41, 5.74) is 1.70. The largest absolute Gasteiger partial charge is 0.478 e. The fourth-order valence-corrected chi connectivity index (χ4v) is 4.03. The van der Waals surface area contributed by atoms with Crippen molar-refractivity contribution in [1.29, 1.82) is 0 Å². The third-order valence-corrected chi connectivity index (χ3v) is 5.77. The number of nitrogens with one attached hydrogen (secondary N) is 3. The van der Waals surface area contributed by atoms with E-state index in [0.717, 1.165) is 11.5 Å². The fraction of sp³-hybridized carbons (Fsp3) is 0.550. The molecule has 1 amide bonds. The molecule has 2 aromatic heterocycles. The molecule has 164 valence electrons. The molecule has 0 aromatic carbocycles. The Morgan fingerprint density at radius 2 is 2.17 bits per heavy atom. The summed E-state index contributed by atoms with van der Waals surface area (Å²) in [5.74, 6) is -0.282. The molecule has 10 heteroatoms. The number of hydrogen-bond donors (Lipinski definition) is 4. The van der Waals surface area contributed by atoms with Crippen molar-refractivity contribution in [2.75, 3.05) is 25.1 Å². The number of aryl methyl sites for hydroxylation is 1. The van der Waals surface area contributed by atoms with Gasteiger partial charge in [0.2, 0.25) is 0 Å². The number of carboxylic acid groups (broad SMARTS) is 1. The predicted molar refractivity (Wildman–Crippen MR) is 114 cm³/mol. The number of H-pyrrole nitrogens is 2. The number of carbonyl (C=O) groups is 2. The number of aromatic carboxylic acids is 1. The molecule has 30 heavy (non-hydrogen) atoms. The number of hydrogen-bond acceptors (Lipinski definition) is 5. The maximum Gasteiger partial charge on any atom is 0.337 e. The van der Waals surface area contributed by atoms with Crippen molar-refractivity contribution in [3.63, 3.8) is 0 Å². The number of nitrogens with zero attached hydrogens (tertiary/aromatic N) is 2. The molecule has 4 N–H and O–H groups in total. The number of ether oxygens (including phenoxy) is 1. The third-order valence-electron chi connectivity index (χ3n) is 5.46. The van der Waals surface area contributed by atoms with Gasteiger partial charge in [0.05, 0.1) is 23.4 Å². The molecule has 0 saturated carbocycles. The van der Waals surface area contributed by atoms with Gasteiger partial charge in [-0.25, -0.2) is 9.78 Å². The molecule has 1 aliphatic rings. The van der Waals surface area contributed by atoms with Gasteiger partial charge in [0, 0.05) is 25.9 Å². The zero-order valence-electron chi connectivity index (χ0n) is 17.6. The van der Waals surface area contributed by atoms with Crippen molar-refractivity contribution >= 4 is 29.3 Å². The molecular weight excluding hydrogens is 410 g/mol. The van der Waals surface area contributed by atoms with Gasteiger partial charge in [0.25, 0.3) is 5.91 Å². The molecule has 3 heterocycles. The van der Waals surface area contributed by atoms with Crippen LogP contribution in [0, 0.1) is 0 Å². The maximum atomic E-state index is 12.6. The molecular formula is C20H28ClN5O4. The van der Waals surface area contributed by atoms with Gasteiger partial charge in [-0.2, -0.15) is 0 Å². The summed E-state index contributed by atoms with van der Waals surface area (Å²) < 4.78 is 5.63. The first-order valence-corrected chi connectivity index (χ1v) is 10.4. The van der Waals surface area contributed by atoms with Gasteiger partial charge in [-0.05, 0) is 24.8 Å². The molecule has 1 saturated heterocycles. The number of carboxylic acids is 1. The fourth-order valence-electron chi connectivity index (χ4n) is 3.76. The monoisotopic (exact) mass is 437 g/mol. The Bertz CT molecular complexity index is 922. The summed E-state index contributed by atoms with van der Waals surface area (Å²) >= 11 is 6.03. The van der Waals surface area contributed by atoms with E-state index < -0.39 is 5.97 Å². The van der Waals surface area contributed by atoms with E-state index in [0.29, 0.717) is 36.8 Å². The van der Waals surface area contributed by atoms with Gasteiger partial charge in [-0.1, -0.05) is 32.4 Å². The number of imidazole rings is 1. The van der Waals surface area contributed by atoms with E-state index in [2.05, 4.69) is 20.3 Å². The Labute approximate surface area is 180 Å². The standard InChI is InChI=1S/C20H28ClN5O4/c1-5-12-17(21)25-18(22-12)19(27)23-13-6-7-26(9-14(13)30-4)15-8-11(20(28)29)16(24-15)10(2)3/h8,10,13-14,24H,5-7,9H2,1-4H3,(H,22,25)(H,23,27)(H,28,29). The molecule has 0 bridgehead atoms. The molecule has 0 radical (unpaired) electrons. The van der Waals surface area contributed by atoms with Crippen LogP contribution in [0.4, 0.5) is 5.82 Å². The predicted octanol–water partition coefficient (Wildman–Crippen LogP) is 2.80. The van der Waals surface area contributed by atoms with Crippen molar-refractivity contribution in [2.45, 2.75) is 51.7 Å². The van der Waals surface area contributed by atoms with E-state index >= 15 is 0 Å². The molecule has 3 rings (SSSR count). The molecule has 2 aromatic rings. The van der Waals surface area contributed by atoms with Gasteiger partial charge >= 0.3 is 5.97 Å². The third kappa shape index (κ3) is 4.46. The number of piperidine rings is 1. The van der Waals surface area contributed by atoms with Crippen molar-refractivity contribution < 1.29 is 19.4 Å². The molecule has 1 fully saturated rings. The zero-order valence-corrected chi connectivity index (χ0v) is 18.3. The van der Waals surface area contributed by atoms with Crippen LogP contribution in [0.2, 0.25) is 5.15 Å². The van der Waals surface area contributed by atoms with Crippen LogP contribution in [0.1, 0.15) is 65.5 Å². The molecule has 0 spiro atoms. The highest BCUT2D eigenvalue weighted by atomic mass is 35.5. The number of aromatic amines is 2. The van der Waals surface area contributed by atoms with Crippen LogP contribution in [-0.2, 0) is 11.2 Å². The average Bonchev–Trinajstić information content (AvgIpc) is 3.32. The van der Waals surface area contributed by atoms with Crippen LogP contribution >= 0.6 is 11.6 Å². The number of rotatable bonds is 7. The summed E-state index contributed by atoms with van der Waals surface area (Å²) in [6, 6.07) is 1.46. The Morgan fingerprint density at radius 1 is 1.43 bits per heavy atom. The zero-order chi connectivity index (χ0) is 22.0. The Morgan fingerprint density at radius 3 is 2.70 bits per heavy atom. The highest BCUT2D eigenvalue weighted by Gasteiger charge is 2.33. The minimum Gasteiger partial charge on any atom is -0.478 e. The second-order valence-electron chi connectivity index (χ2n) is 7.74. The lowest BCUT2D eigenvalue weighted by Crippen LogP contribution is -2.55. The average molecular weight is 438 g/mol. The molecule has 9 nitrogen and oxygen atoms in total. The molecule has 2 unspecified atom stereocenters. The molecule has 1 aliphatic heterocycles. The lowest BCUT2D eigenvalue weighted by molar-refractivity contribution is 0.0537. The van der Waals surface area contributed by atoms with Crippen LogP contribution in [0.25, 0.3) is 0 Å².